The molecular weight excluding hydrogens is 304 g/mol. The number of aromatic nitrogens is 2. The molecule has 2 aliphatic heterocycles. The third-order valence-electron chi connectivity index (χ3n) is 4.93. The molecule has 2 atom stereocenters. The van der Waals surface area contributed by atoms with Gasteiger partial charge in [-0.05, 0) is 12.8 Å². The van der Waals surface area contributed by atoms with Crippen LogP contribution in [0, 0.1) is 5.92 Å². The topological polar surface area (TPSA) is 86.4 Å². The Morgan fingerprint density at radius 1 is 1.27 bits per heavy atom. The minimum absolute atomic E-state index is 0.0928. The van der Waals surface area contributed by atoms with E-state index in [2.05, 4.69) is 14.9 Å². The molecule has 3 heterocycles. The molecule has 22 heavy (non-hydrogen) atoms. The van der Waals surface area contributed by atoms with Crippen molar-refractivity contribution < 1.29 is 13.2 Å². The summed E-state index contributed by atoms with van der Waals surface area (Å²) in [5, 5.41) is 0. The molecule has 1 N–H and O–H groups in total. The maximum atomic E-state index is 12.4. The summed E-state index contributed by atoms with van der Waals surface area (Å²) in [6.07, 6.45) is 5.31. The van der Waals surface area contributed by atoms with Crippen LogP contribution in [0.4, 0.5) is 0 Å². The highest BCUT2D eigenvalue weighted by atomic mass is 32.2. The third-order valence-corrected chi connectivity index (χ3v) is 6.63. The van der Waals surface area contributed by atoms with Gasteiger partial charge in [0.25, 0.3) is 0 Å². The van der Waals surface area contributed by atoms with E-state index < -0.39 is 9.84 Å². The first kappa shape index (κ1) is 14.2. The number of nitrogens with one attached hydrogen (secondary N) is 1. The van der Waals surface area contributed by atoms with Crippen LogP contribution in [-0.2, 0) is 21.2 Å². The molecule has 1 aliphatic carbocycles. The average Bonchev–Trinajstić information content (AvgIpc) is 3.09. The van der Waals surface area contributed by atoms with Crippen molar-refractivity contribution in [3.8, 4) is 0 Å². The molecule has 1 aromatic heterocycles. The summed E-state index contributed by atoms with van der Waals surface area (Å²) in [6, 6.07) is -0.278. The highest BCUT2D eigenvalue weighted by Gasteiger charge is 2.49. The van der Waals surface area contributed by atoms with Crippen LogP contribution in [0.15, 0.2) is 12.5 Å². The maximum Gasteiger partial charge on any atom is 0.226 e. The molecular formula is C14H20N4O3S. The van der Waals surface area contributed by atoms with Crippen molar-refractivity contribution in [2.45, 2.75) is 31.5 Å². The van der Waals surface area contributed by atoms with Gasteiger partial charge in [-0.25, -0.2) is 13.4 Å². The Morgan fingerprint density at radius 3 is 2.73 bits per heavy atom. The van der Waals surface area contributed by atoms with Crippen molar-refractivity contribution in [2.75, 3.05) is 24.6 Å². The average molecular weight is 324 g/mol. The van der Waals surface area contributed by atoms with Crippen LogP contribution in [0.1, 0.15) is 18.5 Å². The molecule has 8 heteroatoms. The van der Waals surface area contributed by atoms with E-state index in [1.807, 2.05) is 4.90 Å². The Kier molecular flexibility index (Phi) is 3.26. The van der Waals surface area contributed by atoms with Crippen LogP contribution in [0.3, 0.4) is 0 Å². The molecule has 0 aromatic carbocycles. The Balaban J connectivity index is 1.56. The molecule has 0 radical (unpaired) electrons. The van der Waals surface area contributed by atoms with Gasteiger partial charge in [0.05, 0.1) is 23.9 Å². The van der Waals surface area contributed by atoms with Gasteiger partial charge in [-0.2, -0.15) is 0 Å². The lowest BCUT2D eigenvalue weighted by atomic mass is 10.0. The highest BCUT2D eigenvalue weighted by Crippen LogP contribution is 2.35. The summed E-state index contributed by atoms with van der Waals surface area (Å²) < 4.78 is 24.2. The molecule has 0 spiro atoms. The van der Waals surface area contributed by atoms with Gasteiger partial charge in [0.2, 0.25) is 5.91 Å². The zero-order valence-corrected chi connectivity index (χ0v) is 13.1. The summed E-state index contributed by atoms with van der Waals surface area (Å²) in [7, 11) is -3.07. The molecule has 1 amide bonds. The molecule has 0 bridgehead atoms. The first-order valence-corrected chi connectivity index (χ1v) is 9.58. The predicted octanol–water partition coefficient (Wildman–Crippen LogP) is -0.370. The molecule has 3 fully saturated rings. The van der Waals surface area contributed by atoms with E-state index in [-0.39, 0.29) is 35.4 Å². The van der Waals surface area contributed by atoms with Crippen LogP contribution < -0.4 is 0 Å². The third kappa shape index (κ3) is 2.54. The summed E-state index contributed by atoms with van der Waals surface area (Å²) >= 11 is 0. The maximum absolute atomic E-state index is 12.4. The zero-order chi connectivity index (χ0) is 15.3. The quantitative estimate of drug-likeness (QED) is 0.820. The lowest BCUT2D eigenvalue weighted by molar-refractivity contribution is -0.138. The second kappa shape index (κ2) is 5.06. The lowest BCUT2D eigenvalue weighted by Crippen LogP contribution is -2.60. The monoisotopic (exact) mass is 324 g/mol. The zero-order valence-electron chi connectivity index (χ0n) is 12.3. The lowest BCUT2D eigenvalue weighted by Gasteiger charge is -2.43. The first-order chi connectivity index (χ1) is 10.5. The standard InChI is InChI=1S/C14H20N4O3S/c19-14(10-1-2-10)18-4-3-17(6-11-5-15-9-16-11)12-7-22(20,21)8-13(12)18/h5,9-10,12-13H,1-4,6-8H2,(H,15,16)/t12-,13+/m0/s1. The first-order valence-electron chi connectivity index (χ1n) is 7.76. The number of rotatable bonds is 3. The number of carbonyl (C=O) groups excluding carboxylic acids is 1. The van der Waals surface area contributed by atoms with E-state index in [0.717, 1.165) is 18.5 Å². The largest absolute Gasteiger partial charge is 0.347 e. The van der Waals surface area contributed by atoms with E-state index in [1.54, 1.807) is 12.5 Å². The van der Waals surface area contributed by atoms with Crippen molar-refractivity contribution in [1.82, 2.24) is 19.8 Å². The number of fused-ring (bicyclic) bond motifs is 1. The minimum atomic E-state index is -3.07. The van der Waals surface area contributed by atoms with Crippen molar-refractivity contribution in [3.63, 3.8) is 0 Å². The van der Waals surface area contributed by atoms with Gasteiger partial charge in [-0.1, -0.05) is 0 Å². The smallest absolute Gasteiger partial charge is 0.226 e. The number of amides is 1. The van der Waals surface area contributed by atoms with Crippen molar-refractivity contribution >= 4 is 15.7 Å². The second-order valence-electron chi connectivity index (χ2n) is 6.56. The van der Waals surface area contributed by atoms with Gasteiger partial charge < -0.3 is 9.88 Å². The normalized spacial score (nSPS) is 31.2. The molecule has 7 nitrogen and oxygen atoms in total. The van der Waals surface area contributed by atoms with Gasteiger partial charge in [0.15, 0.2) is 9.84 Å². The number of imidazole rings is 1. The van der Waals surface area contributed by atoms with Gasteiger partial charge in [-0.3, -0.25) is 9.69 Å². The number of sulfone groups is 1. The number of nitrogens with zero attached hydrogens (tertiary/aromatic N) is 3. The summed E-state index contributed by atoms with van der Waals surface area (Å²) in [5.74, 6) is 0.562. The molecule has 1 aromatic rings. The molecule has 2 saturated heterocycles. The number of H-pyrrole nitrogens is 1. The van der Waals surface area contributed by atoms with E-state index >= 15 is 0 Å². The number of aromatic amines is 1. The van der Waals surface area contributed by atoms with Crippen LogP contribution in [0.2, 0.25) is 0 Å². The molecule has 4 rings (SSSR count). The summed E-state index contributed by atoms with van der Waals surface area (Å²) in [5.41, 5.74) is 0.977. The fourth-order valence-electron chi connectivity index (χ4n) is 3.65. The van der Waals surface area contributed by atoms with Gasteiger partial charge in [0.1, 0.15) is 0 Å². The summed E-state index contributed by atoms with van der Waals surface area (Å²) in [6.45, 7) is 2.00. The molecule has 0 unspecified atom stereocenters. The van der Waals surface area contributed by atoms with Gasteiger partial charge in [-0.15, -0.1) is 0 Å². The fraction of sp³-hybridized carbons (Fsp3) is 0.714. The number of hydrogen-bond acceptors (Lipinski definition) is 5. The van der Waals surface area contributed by atoms with Gasteiger partial charge >= 0.3 is 0 Å². The molecule has 1 saturated carbocycles. The highest BCUT2D eigenvalue weighted by molar-refractivity contribution is 7.91. The predicted molar refractivity (Wildman–Crippen MR) is 79.7 cm³/mol. The van der Waals surface area contributed by atoms with E-state index in [9.17, 15) is 13.2 Å². The van der Waals surface area contributed by atoms with Crippen molar-refractivity contribution in [1.29, 1.82) is 0 Å². The summed E-state index contributed by atoms with van der Waals surface area (Å²) in [4.78, 5) is 23.5. The Morgan fingerprint density at radius 2 is 2.05 bits per heavy atom. The Hall–Kier alpha value is -1.41. The van der Waals surface area contributed by atoms with Crippen LogP contribution in [0.25, 0.3) is 0 Å². The van der Waals surface area contributed by atoms with E-state index in [0.29, 0.717) is 19.6 Å². The SMILES string of the molecule is O=C(C1CC1)N1CCN(Cc2cnc[nH]2)[C@H]2CS(=O)(=O)C[C@H]21. The molecule has 120 valence electrons. The Bertz CT molecular complexity index is 668. The Labute approximate surface area is 129 Å². The van der Waals surface area contributed by atoms with E-state index in [4.69, 9.17) is 0 Å². The number of hydrogen-bond donors (Lipinski definition) is 1. The number of piperazine rings is 1. The van der Waals surface area contributed by atoms with Crippen LogP contribution >= 0.6 is 0 Å². The molecule has 3 aliphatic rings. The fourth-order valence-corrected chi connectivity index (χ4v) is 5.66. The number of carbonyl (C=O) groups is 1. The van der Waals surface area contributed by atoms with E-state index in [1.165, 1.54) is 0 Å². The van der Waals surface area contributed by atoms with Crippen molar-refractivity contribution in [3.05, 3.63) is 18.2 Å². The van der Waals surface area contributed by atoms with Crippen molar-refractivity contribution in [2.24, 2.45) is 5.92 Å². The van der Waals surface area contributed by atoms with Crippen LogP contribution in [-0.4, -0.2) is 70.8 Å². The minimum Gasteiger partial charge on any atom is -0.347 e. The second-order valence-corrected chi connectivity index (χ2v) is 8.72. The van der Waals surface area contributed by atoms with Crippen LogP contribution in [0.5, 0.6) is 0 Å². The van der Waals surface area contributed by atoms with Gasteiger partial charge in [0, 0.05) is 43.5 Å².